The molecule has 0 aromatic heterocycles. The molecule has 28 heavy (non-hydrogen) atoms. The van der Waals surface area contributed by atoms with E-state index in [9.17, 15) is 18.4 Å². The molecule has 1 unspecified atom stereocenters. The Hall–Kier alpha value is -2.75. The summed E-state index contributed by atoms with van der Waals surface area (Å²) in [6, 6.07) is 17.4. The first-order valence-electron chi connectivity index (χ1n) is 8.03. The van der Waals surface area contributed by atoms with Crippen LogP contribution in [0.15, 0.2) is 77.7 Å². The van der Waals surface area contributed by atoms with Crippen molar-refractivity contribution >= 4 is 38.8 Å². The molecule has 0 aliphatic rings. The molecule has 0 amide bonds. The fourth-order valence-electron chi connectivity index (χ4n) is 2.52. The zero-order valence-electron chi connectivity index (χ0n) is 14.3. The first kappa shape index (κ1) is 20.0. The van der Waals surface area contributed by atoms with E-state index in [1.165, 1.54) is 42.5 Å². The smallest absolute Gasteiger partial charge is 0.261 e. The number of quaternary nitrogens is 1. The van der Waals surface area contributed by atoms with Crippen molar-refractivity contribution in [2.75, 3.05) is 4.72 Å². The largest absolute Gasteiger partial charge is 0.595 e. The summed E-state index contributed by atoms with van der Waals surface area (Å²) in [6.45, 7) is 0. The van der Waals surface area contributed by atoms with Crippen LogP contribution in [0.25, 0.3) is 0 Å². The van der Waals surface area contributed by atoms with Crippen molar-refractivity contribution in [3.63, 3.8) is 0 Å². The van der Waals surface area contributed by atoms with Gasteiger partial charge in [0.2, 0.25) is 0 Å². The molecule has 1 atom stereocenters. The standard InChI is InChI=1S/C19H15ClN2O5S/c20-14-6-11-18(17(12-14)19(23)13-4-2-1-3-5-13)21-28(26,27)16-9-7-15(8-10-16)22(24)25/h1-12,21-22,24H. The van der Waals surface area contributed by atoms with Crippen molar-refractivity contribution < 1.29 is 23.6 Å². The molecule has 144 valence electrons. The predicted molar refractivity (Wildman–Crippen MR) is 104 cm³/mol. The summed E-state index contributed by atoms with van der Waals surface area (Å²) in [6.07, 6.45) is 0. The molecule has 0 aliphatic carbocycles. The fourth-order valence-corrected chi connectivity index (χ4v) is 3.77. The third-order valence-corrected chi connectivity index (χ3v) is 5.53. The molecule has 0 spiro atoms. The second-order valence-corrected chi connectivity index (χ2v) is 7.94. The molecule has 3 aromatic carbocycles. The summed E-state index contributed by atoms with van der Waals surface area (Å²) < 4.78 is 27.7. The van der Waals surface area contributed by atoms with E-state index in [1.54, 1.807) is 30.3 Å². The van der Waals surface area contributed by atoms with Crippen LogP contribution in [0, 0.1) is 5.21 Å². The minimum atomic E-state index is -4.05. The highest BCUT2D eigenvalue weighted by molar-refractivity contribution is 7.92. The van der Waals surface area contributed by atoms with E-state index in [0.717, 1.165) is 0 Å². The number of benzene rings is 3. The molecule has 3 N–H and O–H groups in total. The number of sulfonamides is 1. The van der Waals surface area contributed by atoms with Crippen molar-refractivity contribution in [2.24, 2.45) is 0 Å². The van der Waals surface area contributed by atoms with E-state index in [-0.39, 0.29) is 32.6 Å². The van der Waals surface area contributed by atoms with E-state index in [1.807, 2.05) is 0 Å². The van der Waals surface area contributed by atoms with E-state index >= 15 is 0 Å². The highest BCUT2D eigenvalue weighted by Gasteiger charge is 2.20. The van der Waals surface area contributed by atoms with E-state index in [4.69, 9.17) is 16.8 Å². The molecule has 0 heterocycles. The van der Waals surface area contributed by atoms with Gasteiger partial charge < -0.3 is 5.21 Å². The number of rotatable bonds is 6. The third-order valence-electron chi connectivity index (χ3n) is 3.92. The van der Waals surface area contributed by atoms with Gasteiger partial charge in [-0.2, -0.15) is 5.23 Å². The van der Waals surface area contributed by atoms with E-state index in [0.29, 0.717) is 5.56 Å². The van der Waals surface area contributed by atoms with Gasteiger partial charge in [-0.1, -0.05) is 41.9 Å². The van der Waals surface area contributed by atoms with Gasteiger partial charge in [-0.3, -0.25) is 9.52 Å². The minimum absolute atomic E-state index is 0.0367. The second kappa shape index (κ2) is 8.09. The number of carbonyl (C=O) groups excluding carboxylic acids is 1. The summed E-state index contributed by atoms with van der Waals surface area (Å²) in [4.78, 5) is 12.7. The van der Waals surface area contributed by atoms with Crippen LogP contribution in [0.4, 0.5) is 11.4 Å². The van der Waals surface area contributed by atoms with Gasteiger partial charge in [-0.05, 0) is 30.3 Å². The van der Waals surface area contributed by atoms with Gasteiger partial charge in [0, 0.05) is 28.3 Å². The van der Waals surface area contributed by atoms with E-state index in [2.05, 4.69) is 4.72 Å². The number of carbonyl (C=O) groups is 1. The summed E-state index contributed by atoms with van der Waals surface area (Å²) in [5, 5.41) is 19.0. The van der Waals surface area contributed by atoms with Crippen LogP contribution in [0.1, 0.15) is 15.9 Å². The van der Waals surface area contributed by atoms with Crippen LogP contribution < -0.4 is 9.95 Å². The second-order valence-electron chi connectivity index (χ2n) is 5.82. The molecular weight excluding hydrogens is 404 g/mol. The third kappa shape index (κ3) is 4.38. The lowest BCUT2D eigenvalue weighted by atomic mass is 10.0. The molecule has 0 saturated carbocycles. The Balaban J connectivity index is 1.97. The number of hydrogen-bond acceptors (Lipinski definition) is 5. The van der Waals surface area contributed by atoms with Gasteiger partial charge in [0.25, 0.3) is 10.0 Å². The number of ketones is 1. The summed E-state index contributed by atoms with van der Waals surface area (Å²) in [5.41, 5.74) is 0.520. The zero-order chi connectivity index (χ0) is 20.3. The van der Waals surface area contributed by atoms with Crippen LogP contribution in [0.2, 0.25) is 5.02 Å². The molecule has 0 radical (unpaired) electrons. The molecular formula is C19H15ClN2O5S. The van der Waals surface area contributed by atoms with Crippen molar-refractivity contribution in [3.05, 3.63) is 94.2 Å². The normalized spacial score (nSPS) is 12.4. The van der Waals surface area contributed by atoms with Gasteiger partial charge in [-0.25, -0.2) is 13.6 Å². The Bertz CT molecular complexity index is 1100. The Morgan fingerprint density at radius 1 is 1.00 bits per heavy atom. The maximum Gasteiger partial charge on any atom is 0.261 e. The Labute approximate surface area is 166 Å². The molecule has 9 heteroatoms. The predicted octanol–water partition coefficient (Wildman–Crippen LogP) is 2.78. The first-order valence-corrected chi connectivity index (χ1v) is 9.89. The average molecular weight is 419 g/mol. The number of nitrogens with one attached hydrogen (secondary N) is 2. The monoisotopic (exact) mass is 418 g/mol. The highest BCUT2D eigenvalue weighted by atomic mass is 35.5. The van der Waals surface area contributed by atoms with Crippen molar-refractivity contribution in [2.45, 2.75) is 4.90 Å². The Morgan fingerprint density at radius 3 is 2.25 bits per heavy atom. The molecule has 0 fully saturated rings. The molecule has 3 aromatic rings. The first-order chi connectivity index (χ1) is 13.3. The van der Waals surface area contributed by atoms with E-state index < -0.39 is 15.2 Å². The molecule has 3 rings (SSSR count). The van der Waals surface area contributed by atoms with Crippen molar-refractivity contribution in [1.29, 1.82) is 0 Å². The maximum absolute atomic E-state index is 12.8. The fraction of sp³-hybridized carbons (Fsp3) is 0. The van der Waals surface area contributed by atoms with Crippen LogP contribution in [-0.4, -0.2) is 19.4 Å². The van der Waals surface area contributed by atoms with Gasteiger partial charge >= 0.3 is 0 Å². The average Bonchev–Trinajstić information content (AvgIpc) is 2.69. The summed E-state index contributed by atoms with van der Waals surface area (Å²) in [5.74, 6) is -0.387. The Kier molecular flexibility index (Phi) is 5.78. The summed E-state index contributed by atoms with van der Waals surface area (Å²) >= 11 is 6.00. The van der Waals surface area contributed by atoms with Crippen molar-refractivity contribution in [1.82, 2.24) is 0 Å². The maximum atomic E-state index is 12.8. The number of anilines is 1. The van der Waals surface area contributed by atoms with Crippen LogP contribution in [0.5, 0.6) is 0 Å². The van der Waals surface area contributed by atoms with Crippen LogP contribution in [0.3, 0.4) is 0 Å². The van der Waals surface area contributed by atoms with Crippen LogP contribution in [-0.2, 0) is 10.0 Å². The number of hydrogen-bond donors (Lipinski definition) is 3. The Morgan fingerprint density at radius 2 is 1.64 bits per heavy atom. The van der Waals surface area contributed by atoms with Gasteiger partial charge in [0.05, 0.1) is 10.6 Å². The topological polar surface area (TPSA) is 111 Å². The minimum Gasteiger partial charge on any atom is -0.595 e. The molecule has 0 bridgehead atoms. The SMILES string of the molecule is O=C(c1ccccc1)c1cc(Cl)ccc1NS(=O)(=O)c1ccc([NH+]([O-])O)cc1. The lowest BCUT2D eigenvalue weighted by Gasteiger charge is -2.14. The number of halogens is 1. The van der Waals surface area contributed by atoms with Crippen molar-refractivity contribution in [3.8, 4) is 0 Å². The lowest BCUT2D eigenvalue weighted by molar-refractivity contribution is -0.991. The van der Waals surface area contributed by atoms with Gasteiger partial charge in [0.1, 0.15) is 0 Å². The molecule has 0 aliphatic heterocycles. The molecule has 0 saturated heterocycles. The van der Waals surface area contributed by atoms with Gasteiger partial charge in [-0.15, -0.1) is 0 Å². The van der Waals surface area contributed by atoms with Gasteiger partial charge in [0.15, 0.2) is 11.5 Å². The molecule has 7 nitrogen and oxygen atoms in total. The highest BCUT2D eigenvalue weighted by Crippen LogP contribution is 2.26. The quantitative estimate of drug-likeness (QED) is 0.421. The summed E-state index contributed by atoms with van der Waals surface area (Å²) in [7, 11) is -4.05. The van der Waals surface area contributed by atoms with Crippen LogP contribution >= 0.6 is 11.6 Å². The zero-order valence-corrected chi connectivity index (χ0v) is 15.9. The lowest BCUT2D eigenvalue weighted by Crippen LogP contribution is -2.99.